The maximum Gasteiger partial charge on any atom is 0.0628 e. The van der Waals surface area contributed by atoms with Gasteiger partial charge in [0.1, 0.15) is 0 Å². The zero-order valence-electron chi connectivity index (χ0n) is 12.5. The van der Waals surface area contributed by atoms with Gasteiger partial charge < -0.3 is 0 Å². The normalized spacial score (nSPS) is 45.3. The third-order valence-electron chi connectivity index (χ3n) is 5.64. The molecule has 2 aliphatic heterocycles. The van der Waals surface area contributed by atoms with Crippen LogP contribution in [0.25, 0.3) is 0 Å². The van der Waals surface area contributed by atoms with E-state index >= 15 is 0 Å². The van der Waals surface area contributed by atoms with Crippen LogP contribution in [0.2, 0.25) is 0 Å². The summed E-state index contributed by atoms with van der Waals surface area (Å²) in [6, 6.07) is 0.754. The summed E-state index contributed by atoms with van der Waals surface area (Å²) < 4.78 is 0. The molecule has 1 aliphatic carbocycles. The lowest BCUT2D eigenvalue weighted by atomic mass is 9.88. The smallest absolute Gasteiger partial charge is 0.0628 e. The van der Waals surface area contributed by atoms with Gasteiger partial charge in [0.25, 0.3) is 0 Å². The molecule has 1 saturated carbocycles. The van der Waals surface area contributed by atoms with Gasteiger partial charge in [-0.15, -0.1) is 11.6 Å². The van der Waals surface area contributed by atoms with Crippen LogP contribution in [-0.2, 0) is 0 Å². The molecule has 0 aromatic heterocycles. The Morgan fingerprint density at radius 3 is 2.53 bits per heavy atom. The Bertz CT molecular complexity index is 301. The average Bonchev–Trinajstić information content (AvgIpc) is 2.69. The molecule has 3 heteroatoms. The summed E-state index contributed by atoms with van der Waals surface area (Å²) in [4.78, 5) is 5.55. The van der Waals surface area contributed by atoms with Gasteiger partial charge in [-0.1, -0.05) is 6.92 Å². The van der Waals surface area contributed by atoms with E-state index in [1.165, 1.54) is 58.2 Å². The van der Waals surface area contributed by atoms with Gasteiger partial charge in [0, 0.05) is 24.5 Å². The van der Waals surface area contributed by atoms with Crippen molar-refractivity contribution >= 4 is 11.6 Å². The second-order valence-corrected chi connectivity index (χ2v) is 7.89. The molecule has 0 amide bonds. The van der Waals surface area contributed by atoms with Crippen molar-refractivity contribution in [3.8, 4) is 0 Å². The Kier molecular flexibility index (Phi) is 4.40. The summed E-state index contributed by atoms with van der Waals surface area (Å²) >= 11 is 6.24. The first kappa shape index (κ1) is 14.2. The Hall–Kier alpha value is 0.210. The summed E-state index contributed by atoms with van der Waals surface area (Å²) in [5.41, 5.74) is 0. The molecule has 3 aliphatic rings. The SMILES string of the molecule is CC1CCN2CC(C)N(CC3CCC(Cl)CC3)C2C1. The molecule has 0 radical (unpaired) electrons. The van der Waals surface area contributed by atoms with Crippen LogP contribution in [0.5, 0.6) is 0 Å². The highest BCUT2D eigenvalue weighted by molar-refractivity contribution is 6.20. The predicted octanol–water partition coefficient (Wildman–Crippen LogP) is 3.55. The van der Waals surface area contributed by atoms with Crippen LogP contribution in [0.1, 0.15) is 52.4 Å². The Labute approximate surface area is 123 Å². The van der Waals surface area contributed by atoms with Crippen molar-refractivity contribution in [3.05, 3.63) is 0 Å². The van der Waals surface area contributed by atoms with Gasteiger partial charge in [-0.2, -0.15) is 0 Å². The van der Waals surface area contributed by atoms with E-state index in [0.29, 0.717) is 5.38 Å². The fraction of sp³-hybridized carbons (Fsp3) is 1.00. The highest BCUT2D eigenvalue weighted by Gasteiger charge is 2.40. The van der Waals surface area contributed by atoms with E-state index in [0.717, 1.165) is 24.0 Å². The number of fused-ring (bicyclic) bond motifs is 1. The maximum atomic E-state index is 6.24. The third-order valence-corrected chi connectivity index (χ3v) is 6.07. The quantitative estimate of drug-likeness (QED) is 0.716. The first-order valence-corrected chi connectivity index (χ1v) is 8.71. The summed E-state index contributed by atoms with van der Waals surface area (Å²) in [5.74, 6) is 1.81. The molecule has 0 bridgehead atoms. The molecule has 3 fully saturated rings. The van der Waals surface area contributed by atoms with E-state index in [9.17, 15) is 0 Å². The minimum atomic E-state index is 0.457. The molecular formula is C16H29ClN2. The van der Waals surface area contributed by atoms with Crippen LogP contribution in [0.4, 0.5) is 0 Å². The fourth-order valence-electron chi connectivity index (χ4n) is 4.36. The van der Waals surface area contributed by atoms with Crippen molar-refractivity contribution in [3.63, 3.8) is 0 Å². The van der Waals surface area contributed by atoms with E-state index in [1.54, 1.807) is 0 Å². The molecule has 3 rings (SSSR count). The second kappa shape index (κ2) is 5.91. The summed E-state index contributed by atoms with van der Waals surface area (Å²) in [6.45, 7) is 8.79. The largest absolute Gasteiger partial charge is 0.286 e. The van der Waals surface area contributed by atoms with E-state index < -0.39 is 0 Å². The van der Waals surface area contributed by atoms with Crippen LogP contribution in [-0.4, -0.2) is 47.0 Å². The number of hydrogen-bond acceptors (Lipinski definition) is 2. The van der Waals surface area contributed by atoms with Gasteiger partial charge in [-0.25, -0.2) is 0 Å². The van der Waals surface area contributed by atoms with E-state index in [2.05, 4.69) is 23.6 Å². The number of hydrogen-bond donors (Lipinski definition) is 0. The molecule has 3 atom stereocenters. The molecule has 0 aromatic carbocycles. The Balaban J connectivity index is 1.59. The molecule has 110 valence electrons. The van der Waals surface area contributed by atoms with E-state index in [4.69, 9.17) is 11.6 Å². The van der Waals surface area contributed by atoms with Crippen LogP contribution in [0, 0.1) is 11.8 Å². The molecule has 0 spiro atoms. The van der Waals surface area contributed by atoms with Crippen LogP contribution in [0.15, 0.2) is 0 Å². The minimum absolute atomic E-state index is 0.457. The molecule has 2 nitrogen and oxygen atoms in total. The van der Waals surface area contributed by atoms with Gasteiger partial charge in [0.15, 0.2) is 0 Å². The standard InChI is InChI=1S/C16H29ClN2/c1-12-7-8-18-10-13(2)19(16(18)9-12)11-14-3-5-15(17)6-4-14/h12-16H,3-11H2,1-2H3. The van der Waals surface area contributed by atoms with Crippen molar-refractivity contribution in [1.29, 1.82) is 0 Å². The maximum absolute atomic E-state index is 6.24. The van der Waals surface area contributed by atoms with E-state index in [1.807, 2.05) is 0 Å². The Morgan fingerprint density at radius 2 is 1.79 bits per heavy atom. The molecule has 3 unspecified atom stereocenters. The van der Waals surface area contributed by atoms with Gasteiger partial charge in [-0.3, -0.25) is 9.80 Å². The predicted molar refractivity (Wildman–Crippen MR) is 81.5 cm³/mol. The van der Waals surface area contributed by atoms with Crippen molar-refractivity contribution in [2.45, 2.75) is 70.0 Å². The van der Waals surface area contributed by atoms with Gasteiger partial charge in [0.05, 0.1) is 6.17 Å². The number of piperidine rings is 1. The van der Waals surface area contributed by atoms with Gasteiger partial charge in [0.2, 0.25) is 0 Å². The monoisotopic (exact) mass is 284 g/mol. The molecule has 19 heavy (non-hydrogen) atoms. The topological polar surface area (TPSA) is 6.48 Å². The molecule has 2 saturated heterocycles. The van der Waals surface area contributed by atoms with Crippen molar-refractivity contribution < 1.29 is 0 Å². The van der Waals surface area contributed by atoms with Crippen LogP contribution in [0.3, 0.4) is 0 Å². The van der Waals surface area contributed by atoms with Gasteiger partial charge >= 0.3 is 0 Å². The molecule has 2 heterocycles. The number of halogens is 1. The Morgan fingerprint density at radius 1 is 1.05 bits per heavy atom. The van der Waals surface area contributed by atoms with Crippen molar-refractivity contribution in [1.82, 2.24) is 9.80 Å². The fourth-order valence-corrected chi connectivity index (χ4v) is 4.61. The number of alkyl halides is 1. The molecule has 0 N–H and O–H groups in total. The highest BCUT2D eigenvalue weighted by atomic mass is 35.5. The number of rotatable bonds is 2. The lowest BCUT2D eigenvalue weighted by Gasteiger charge is -2.39. The van der Waals surface area contributed by atoms with Crippen molar-refractivity contribution in [2.24, 2.45) is 11.8 Å². The number of nitrogens with zero attached hydrogens (tertiary/aromatic N) is 2. The van der Waals surface area contributed by atoms with E-state index in [-0.39, 0.29) is 0 Å². The summed E-state index contributed by atoms with van der Waals surface area (Å²) in [7, 11) is 0. The zero-order valence-corrected chi connectivity index (χ0v) is 13.3. The third kappa shape index (κ3) is 3.11. The van der Waals surface area contributed by atoms with Crippen LogP contribution < -0.4 is 0 Å². The summed E-state index contributed by atoms with van der Waals surface area (Å²) in [6.07, 6.45) is 8.69. The summed E-state index contributed by atoms with van der Waals surface area (Å²) in [5, 5.41) is 0.457. The van der Waals surface area contributed by atoms with Crippen LogP contribution >= 0.6 is 11.6 Å². The first-order valence-electron chi connectivity index (χ1n) is 8.27. The highest BCUT2D eigenvalue weighted by Crippen LogP contribution is 2.35. The lowest BCUT2D eigenvalue weighted by Crippen LogP contribution is -2.46. The minimum Gasteiger partial charge on any atom is -0.286 e. The molecular weight excluding hydrogens is 256 g/mol. The first-order chi connectivity index (χ1) is 9.13. The average molecular weight is 285 g/mol. The lowest BCUT2D eigenvalue weighted by molar-refractivity contribution is 0.0513. The second-order valence-electron chi connectivity index (χ2n) is 7.27. The van der Waals surface area contributed by atoms with Gasteiger partial charge in [-0.05, 0) is 63.8 Å². The van der Waals surface area contributed by atoms with Crippen molar-refractivity contribution in [2.75, 3.05) is 19.6 Å². The molecule has 0 aromatic rings. The zero-order chi connectivity index (χ0) is 13.4.